The summed E-state index contributed by atoms with van der Waals surface area (Å²) in [6, 6.07) is 9.92. The van der Waals surface area contributed by atoms with Crippen molar-refractivity contribution < 1.29 is 23.0 Å². The predicted molar refractivity (Wildman–Crippen MR) is 113 cm³/mol. The summed E-state index contributed by atoms with van der Waals surface area (Å²) < 4.78 is 42.6. The van der Waals surface area contributed by atoms with Crippen LogP contribution in [0.3, 0.4) is 0 Å². The maximum atomic E-state index is 12.3. The van der Waals surface area contributed by atoms with Crippen molar-refractivity contribution >= 4 is 10.8 Å². The summed E-state index contributed by atoms with van der Waals surface area (Å²) in [6.07, 6.45) is -2.82. The number of aromatic nitrogens is 1. The highest BCUT2D eigenvalue weighted by atomic mass is 19.4. The average molecular weight is 433 g/mol. The van der Waals surface area contributed by atoms with E-state index in [1.165, 1.54) is 17.7 Å². The van der Waals surface area contributed by atoms with Gasteiger partial charge < -0.3 is 19.3 Å². The summed E-state index contributed by atoms with van der Waals surface area (Å²) in [6.45, 7) is 7.40. The Morgan fingerprint density at radius 2 is 1.65 bits per heavy atom. The van der Waals surface area contributed by atoms with Crippen LogP contribution in [0.25, 0.3) is 10.8 Å². The van der Waals surface area contributed by atoms with Crippen molar-refractivity contribution in [2.45, 2.75) is 26.4 Å². The van der Waals surface area contributed by atoms with Gasteiger partial charge >= 0.3 is 6.36 Å². The van der Waals surface area contributed by atoms with Gasteiger partial charge in [0.15, 0.2) is 5.88 Å². The van der Waals surface area contributed by atoms with Crippen LogP contribution in [0.2, 0.25) is 0 Å². The minimum atomic E-state index is -4.71. The summed E-state index contributed by atoms with van der Waals surface area (Å²) in [7, 11) is 2.13. The number of aryl methyl sites for hydroxylation is 1. The van der Waals surface area contributed by atoms with Gasteiger partial charge in [-0.2, -0.15) is 0 Å². The summed E-state index contributed by atoms with van der Waals surface area (Å²) in [4.78, 5) is 4.76. The van der Waals surface area contributed by atoms with Crippen LogP contribution in [-0.4, -0.2) is 59.1 Å². The van der Waals surface area contributed by atoms with Gasteiger partial charge in [-0.1, -0.05) is 18.2 Å². The first-order valence-corrected chi connectivity index (χ1v) is 10.2. The Hall–Kier alpha value is -2.71. The molecular weight excluding hydrogens is 407 g/mol. The van der Waals surface area contributed by atoms with Gasteiger partial charge in [-0.3, -0.25) is 4.90 Å². The Balaban J connectivity index is 1.52. The van der Waals surface area contributed by atoms with E-state index in [9.17, 15) is 18.3 Å². The highest BCUT2D eigenvalue weighted by Gasteiger charge is 2.31. The lowest BCUT2D eigenvalue weighted by molar-refractivity contribution is -0.274. The molecule has 0 atom stereocenters. The third kappa shape index (κ3) is 5.14. The second-order valence-electron chi connectivity index (χ2n) is 8.23. The molecular formula is C23H26F3N3O2. The number of alkyl halides is 3. The molecule has 0 bridgehead atoms. The summed E-state index contributed by atoms with van der Waals surface area (Å²) in [5.74, 6) is -0.100. The normalized spacial score (nSPS) is 16.2. The van der Waals surface area contributed by atoms with Gasteiger partial charge in [0.1, 0.15) is 5.75 Å². The highest BCUT2D eigenvalue weighted by Crippen LogP contribution is 2.32. The Bertz CT molecular complexity index is 1050. The number of hydrogen-bond acceptors (Lipinski definition) is 4. The molecule has 5 nitrogen and oxygen atoms in total. The van der Waals surface area contributed by atoms with Gasteiger partial charge in [-0.25, -0.2) is 0 Å². The second-order valence-corrected chi connectivity index (χ2v) is 8.23. The number of rotatable bonds is 5. The van der Waals surface area contributed by atoms with Gasteiger partial charge in [0, 0.05) is 49.7 Å². The second kappa shape index (κ2) is 8.43. The molecule has 31 heavy (non-hydrogen) atoms. The van der Waals surface area contributed by atoms with Gasteiger partial charge in [0.05, 0.1) is 6.54 Å². The van der Waals surface area contributed by atoms with E-state index in [1.54, 1.807) is 16.7 Å². The summed E-state index contributed by atoms with van der Waals surface area (Å²) in [5, 5.41) is 12.5. The van der Waals surface area contributed by atoms with Gasteiger partial charge in [0.25, 0.3) is 0 Å². The van der Waals surface area contributed by atoms with Gasteiger partial charge in [0.2, 0.25) is 0 Å². The number of halogens is 3. The Morgan fingerprint density at radius 3 is 2.29 bits per heavy atom. The van der Waals surface area contributed by atoms with Crippen molar-refractivity contribution in [1.29, 1.82) is 0 Å². The van der Waals surface area contributed by atoms with E-state index in [0.717, 1.165) is 54.6 Å². The first-order chi connectivity index (χ1) is 14.7. The highest BCUT2D eigenvalue weighted by molar-refractivity contribution is 5.91. The van der Waals surface area contributed by atoms with Crippen LogP contribution in [0.15, 0.2) is 42.6 Å². The molecule has 0 saturated carbocycles. The lowest BCUT2D eigenvalue weighted by Gasteiger charge is -2.32. The topological polar surface area (TPSA) is 40.9 Å². The maximum absolute atomic E-state index is 12.3. The Morgan fingerprint density at radius 1 is 0.968 bits per heavy atom. The molecule has 4 rings (SSSR count). The molecule has 1 saturated heterocycles. The minimum absolute atomic E-state index is 0.161. The van der Waals surface area contributed by atoms with Crippen LogP contribution in [0.5, 0.6) is 11.6 Å². The fraction of sp³-hybridized carbons (Fsp3) is 0.391. The molecule has 0 unspecified atom stereocenters. The number of benzene rings is 2. The molecule has 0 spiro atoms. The number of aromatic hydroxyl groups is 1. The molecule has 0 amide bonds. The largest absolute Gasteiger partial charge is 0.573 e. The average Bonchev–Trinajstić information content (AvgIpc) is 3.00. The van der Waals surface area contributed by atoms with Crippen molar-refractivity contribution in [3.63, 3.8) is 0 Å². The van der Waals surface area contributed by atoms with Crippen LogP contribution in [0.1, 0.15) is 16.7 Å². The summed E-state index contributed by atoms with van der Waals surface area (Å²) >= 11 is 0. The number of nitrogens with zero attached hydrogens (tertiary/aromatic N) is 3. The van der Waals surface area contributed by atoms with E-state index in [4.69, 9.17) is 0 Å². The van der Waals surface area contributed by atoms with E-state index in [0.29, 0.717) is 6.54 Å². The van der Waals surface area contributed by atoms with E-state index >= 15 is 0 Å². The smallest absolute Gasteiger partial charge is 0.494 e. The third-order valence-corrected chi connectivity index (χ3v) is 5.73. The Kier molecular flexibility index (Phi) is 5.85. The first-order valence-electron chi connectivity index (χ1n) is 10.2. The Labute approximate surface area is 179 Å². The molecule has 1 aliphatic heterocycles. The van der Waals surface area contributed by atoms with Crippen LogP contribution >= 0.6 is 0 Å². The molecule has 166 valence electrons. The van der Waals surface area contributed by atoms with E-state index in [1.807, 2.05) is 13.1 Å². The zero-order valence-electron chi connectivity index (χ0n) is 17.6. The van der Waals surface area contributed by atoms with Crippen LogP contribution in [-0.2, 0) is 13.1 Å². The monoisotopic (exact) mass is 433 g/mol. The molecule has 0 radical (unpaired) electrons. The number of likely N-dealkylation sites (N-methyl/N-ethyl adjacent to an activating group) is 1. The summed E-state index contributed by atoms with van der Waals surface area (Å²) in [5.41, 5.74) is 2.98. The van der Waals surface area contributed by atoms with Gasteiger partial charge in [-0.05, 0) is 48.9 Å². The SMILES string of the molecule is Cc1cc(CN2CCN(C)CC2)cc2cn(Cc3ccc(OC(F)(F)F)cc3)c(O)c12. The van der Waals surface area contributed by atoms with Gasteiger partial charge in [-0.15, -0.1) is 13.2 Å². The van der Waals surface area contributed by atoms with E-state index in [-0.39, 0.29) is 11.6 Å². The van der Waals surface area contributed by atoms with Crippen LogP contribution < -0.4 is 4.74 Å². The lowest BCUT2D eigenvalue weighted by atomic mass is 10.0. The molecule has 8 heteroatoms. The zero-order valence-corrected chi connectivity index (χ0v) is 17.6. The number of ether oxygens (including phenoxy) is 1. The lowest BCUT2D eigenvalue weighted by Crippen LogP contribution is -2.43. The molecule has 3 aromatic rings. The number of piperazine rings is 1. The number of fused-ring (bicyclic) bond motifs is 1. The molecule has 1 aliphatic rings. The van der Waals surface area contributed by atoms with Crippen molar-refractivity contribution in [2.24, 2.45) is 0 Å². The number of hydrogen-bond donors (Lipinski definition) is 1. The van der Waals surface area contributed by atoms with Crippen molar-refractivity contribution in [3.8, 4) is 11.6 Å². The molecule has 1 N–H and O–H groups in total. The van der Waals surface area contributed by atoms with Crippen molar-refractivity contribution in [2.75, 3.05) is 33.2 Å². The minimum Gasteiger partial charge on any atom is -0.494 e. The first kappa shape index (κ1) is 21.5. The standard InChI is InChI=1S/C23H26F3N3O2/c1-16-11-18(13-28-9-7-27(2)8-10-28)12-19-15-29(22(30)21(16)19)14-17-3-5-20(6-4-17)31-23(24,25)26/h3-6,11-12,15,30H,7-10,13-14H2,1-2H3. The molecule has 1 aromatic heterocycles. The third-order valence-electron chi connectivity index (χ3n) is 5.73. The molecule has 2 aromatic carbocycles. The fourth-order valence-corrected chi connectivity index (χ4v) is 4.14. The quantitative estimate of drug-likeness (QED) is 0.650. The van der Waals surface area contributed by atoms with E-state index < -0.39 is 6.36 Å². The zero-order chi connectivity index (χ0) is 22.2. The molecule has 2 heterocycles. The van der Waals surface area contributed by atoms with Crippen molar-refractivity contribution in [3.05, 3.63) is 59.3 Å². The molecule has 0 aliphatic carbocycles. The maximum Gasteiger partial charge on any atom is 0.573 e. The predicted octanol–water partition coefficient (Wildman–Crippen LogP) is 4.35. The van der Waals surface area contributed by atoms with Crippen LogP contribution in [0.4, 0.5) is 13.2 Å². The van der Waals surface area contributed by atoms with Crippen LogP contribution in [0, 0.1) is 6.92 Å². The molecule has 1 fully saturated rings. The van der Waals surface area contributed by atoms with Crippen molar-refractivity contribution in [1.82, 2.24) is 14.4 Å². The van der Waals surface area contributed by atoms with E-state index in [2.05, 4.69) is 33.7 Å². The fourth-order valence-electron chi connectivity index (χ4n) is 4.14.